The van der Waals surface area contributed by atoms with Gasteiger partial charge in [-0.15, -0.1) is 0 Å². The Labute approximate surface area is 212 Å². The number of carbonyl (C=O) groups excluding carboxylic acids is 1. The number of alkyl halides is 3. The molecule has 198 valence electrons. The smallest absolute Gasteiger partial charge is 0.431 e. The van der Waals surface area contributed by atoms with Crippen molar-refractivity contribution in [3.8, 4) is 17.2 Å². The van der Waals surface area contributed by atoms with Crippen molar-refractivity contribution in [3.63, 3.8) is 0 Å². The van der Waals surface area contributed by atoms with E-state index in [9.17, 15) is 31.9 Å². The van der Waals surface area contributed by atoms with Gasteiger partial charge in [0.25, 0.3) is 5.56 Å². The minimum Gasteiger partial charge on any atom is -0.484 e. The molecular weight excluding hydrogens is 524 g/mol. The number of rotatable bonds is 7. The summed E-state index contributed by atoms with van der Waals surface area (Å²) in [7, 11) is 2.05. The topological polar surface area (TPSA) is 88.8 Å². The molecule has 2 atom stereocenters. The first-order chi connectivity index (χ1) is 17.2. The highest BCUT2D eigenvalue weighted by Crippen LogP contribution is 2.33. The Balaban J connectivity index is 1.93. The van der Waals surface area contributed by atoms with Crippen LogP contribution in [0.15, 0.2) is 52.1 Å². The SMILES string of the molecule is COC(=O)C(C)Oc1ccc(C(C)Oc2cc(-n3c(=O)cc(C(F)(F)F)n(C)c3=O)c(F)cc2Cl)cc1. The zero-order chi connectivity index (χ0) is 27.7. The maximum absolute atomic E-state index is 14.7. The van der Waals surface area contributed by atoms with Crippen molar-refractivity contribution in [1.29, 1.82) is 0 Å². The Hall–Kier alpha value is -3.80. The fraction of sp³-hybridized carbons (Fsp3) is 0.292. The minimum atomic E-state index is -4.97. The van der Waals surface area contributed by atoms with Crippen LogP contribution >= 0.6 is 11.6 Å². The molecule has 13 heteroatoms. The molecule has 0 aliphatic heterocycles. The number of carbonyl (C=O) groups is 1. The molecule has 37 heavy (non-hydrogen) atoms. The van der Waals surface area contributed by atoms with Gasteiger partial charge in [-0.2, -0.15) is 13.2 Å². The molecule has 0 bridgehead atoms. The maximum atomic E-state index is 14.7. The second-order valence-electron chi connectivity index (χ2n) is 7.89. The predicted octanol–water partition coefficient (Wildman–Crippen LogP) is 4.43. The number of benzene rings is 2. The normalized spacial score (nSPS) is 13.1. The van der Waals surface area contributed by atoms with Crippen molar-refractivity contribution >= 4 is 17.6 Å². The van der Waals surface area contributed by atoms with Crippen LogP contribution in [0.4, 0.5) is 17.6 Å². The molecule has 0 radical (unpaired) electrons. The van der Waals surface area contributed by atoms with E-state index >= 15 is 0 Å². The van der Waals surface area contributed by atoms with Crippen molar-refractivity contribution in [1.82, 2.24) is 9.13 Å². The fourth-order valence-corrected chi connectivity index (χ4v) is 3.59. The summed E-state index contributed by atoms with van der Waals surface area (Å²) in [5, 5.41) is -0.197. The lowest BCUT2D eigenvalue weighted by Gasteiger charge is -2.19. The number of esters is 1. The Morgan fingerprint density at radius 3 is 2.22 bits per heavy atom. The average molecular weight is 545 g/mol. The van der Waals surface area contributed by atoms with Gasteiger partial charge < -0.3 is 14.2 Å². The predicted molar refractivity (Wildman–Crippen MR) is 125 cm³/mol. The Morgan fingerprint density at radius 2 is 1.65 bits per heavy atom. The number of halogens is 5. The third kappa shape index (κ3) is 5.96. The fourth-order valence-electron chi connectivity index (χ4n) is 3.39. The van der Waals surface area contributed by atoms with E-state index in [1.807, 2.05) is 0 Å². The molecule has 2 unspecified atom stereocenters. The summed E-state index contributed by atoms with van der Waals surface area (Å²) >= 11 is 6.09. The molecule has 1 heterocycles. The van der Waals surface area contributed by atoms with Gasteiger partial charge in [-0.05, 0) is 37.6 Å². The van der Waals surface area contributed by atoms with Gasteiger partial charge in [0.05, 0.1) is 17.8 Å². The molecule has 1 aromatic heterocycles. The van der Waals surface area contributed by atoms with E-state index in [2.05, 4.69) is 4.74 Å². The Kier molecular flexibility index (Phi) is 8.01. The Bertz CT molecular complexity index is 1430. The van der Waals surface area contributed by atoms with Crippen LogP contribution in [0.2, 0.25) is 5.02 Å². The van der Waals surface area contributed by atoms with Gasteiger partial charge in [0.15, 0.2) is 6.10 Å². The van der Waals surface area contributed by atoms with Gasteiger partial charge in [-0.25, -0.2) is 18.5 Å². The van der Waals surface area contributed by atoms with Crippen molar-refractivity contribution in [2.24, 2.45) is 7.05 Å². The summed E-state index contributed by atoms with van der Waals surface area (Å²) in [6, 6.07) is 8.38. The summed E-state index contributed by atoms with van der Waals surface area (Å²) in [5.41, 5.74) is -4.29. The van der Waals surface area contributed by atoms with Crippen molar-refractivity contribution in [2.75, 3.05) is 7.11 Å². The molecule has 0 fully saturated rings. The van der Waals surface area contributed by atoms with Crippen LogP contribution in [0, 0.1) is 5.82 Å². The zero-order valence-corrected chi connectivity index (χ0v) is 20.7. The van der Waals surface area contributed by atoms with Crippen molar-refractivity contribution in [2.45, 2.75) is 32.2 Å². The van der Waals surface area contributed by atoms with Gasteiger partial charge in [-0.1, -0.05) is 23.7 Å². The number of aromatic nitrogens is 2. The number of ether oxygens (including phenoxy) is 3. The second kappa shape index (κ2) is 10.7. The molecule has 0 spiro atoms. The molecule has 8 nitrogen and oxygen atoms in total. The largest absolute Gasteiger partial charge is 0.484 e. The van der Waals surface area contributed by atoms with Gasteiger partial charge in [0.2, 0.25) is 0 Å². The number of hydrogen-bond acceptors (Lipinski definition) is 6. The maximum Gasteiger partial charge on any atom is 0.431 e. The average Bonchev–Trinajstić information content (AvgIpc) is 2.83. The summed E-state index contributed by atoms with van der Waals surface area (Å²) in [6.07, 6.45) is -6.48. The van der Waals surface area contributed by atoms with E-state index in [4.69, 9.17) is 21.1 Å². The second-order valence-corrected chi connectivity index (χ2v) is 8.30. The van der Waals surface area contributed by atoms with Crippen LogP contribution in [0.25, 0.3) is 5.69 Å². The lowest BCUT2D eigenvalue weighted by atomic mass is 10.1. The number of nitrogens with zero attached hydrogens (tertiary/aromatic N) is 2. The summed E-state index contributed by atoms with van der Waals surface area (Å²) < 4.78 is 70.4. The lowest BCUT2D eigenvalue weighted by molar-refractivity contribution is -0.148. The first kappa shape index (κ1) is 27.8. The summed E-state index contributed by atoms with van der Waals surface area (Å²) in [4.78, 5) is 36.5. The molecule has 2 aromatic carbocycles. The van der Waals surface area contributed by atoms with Gasteiger partial charge in [0, 0.05) is 19.2 Å². The molecule has 0 saturated heterocycles. The standard InChI is InChI=1S/C24H21ClF4N2O6/c1-12(14-5-7-15(8-6-14)36-13(2)22(33)35-4)37-19-10-18(17(26)9-16(19)25)31-21(32)11-20(24(27,28)29)30(3)23(31)34/h5-13H,1-4H3. The molecule has 0 aliphatic carbocycles. The van der Waals surface area contributed by atoms with Crippen LogP contribution in [-0.4, -0.2) is 28.3 Å². The van der Waals surface area contributed by atoms with Crippen LogP contribution in [0.5, 0.6) is 11.5 Å². The molecule has 0 amide bonds. The van der Waals surface area contributed by atoms with Crippen molar-refractivity contribution in [3.05, 3.63) is 85.4 Å². The molecule has 3 aromatic rings. The molecule has 0 N–H and O–H groups in total. The number of hydrogen-bond donors (Lipinski definition) is 0. The van der Waals surface area contributed by atoms with E-state index in [-0.39, 0.29) is 26.0 Å². The first-order valence-electron chi connectivity index (χ1n) is 10.7. The highest BCUT2D eigenvalue weighted by Gasteiger charge is 2.35. The summed E-state index contributed by atoms with van der Waals surface area (Å²) in [5.74, 6) is -1.41. The molecule has 3 rings (SSSR count). The van der Waals surface area contributed by atoms with E-state index < -0.39 is 52.8 Å². The third-order valence-corrected chi connectivity index (χ3v) is 5.65. The van der Waals surface area contributed by atoms with Gasteiger partial charge in [-0.3, -0.25) is 9.36 Å². The van der Waals surface area contributed by atoms with Crippen LogP contribution < -0.4 is 20.7 Å². The monoisotopic (exact) mass is 544 g/mol. The van der Waals surface area contributed by atoms with Crippen LogP contribution in [0.1, 0.15) is 31.2 Å². The zero-order valence-electron chi connectivity index (χ0n) is 19.9. The van der Waals surface area contributed by atoms with Crippen LogP contribution in [-0.2, 0) is 22.8 Å². The minimum absolute atomic E-state index is 0.126. The van der Waals surface area contributed by atoms with E-state index in [1.54, 1.807) is 31.2 Å². The van der Waals surface area contributed by atoms with E-state index in [0.29, 0.717) is 11.3 Å². The molecule has 0 aliphatic rings. The lowest BCUT2D eigenvalue weighted by Crippen LogP contribution is -2.41. The highest BCUT2D eigenvalue weighted by molar-refractivity contribution is 6.32. The van der Waals surface area contributed by atoms with Crippen LogP contribution in [0.3, 0.4) is 0 Å². The van der Waals surface area contributed by atoms with Crippen molar-refractivity contribution < 1.29 is 36.6 Å². The van der Waals surface area contributed by atoms with Gasteiger partial charge >= 0.3 is 17.8 Å². The van der Waals surface area contributed by atoms with Gasteiger partial charge in [0.1, 0.15) is 29.1 Å². The highest BCUT2D eigenvalue weighted by atomic mass is 35.5. The first-order valence-corrected chi connectivity index (χ1v) is 11.0. The molecular formula is C24H21ClF4N2O6. The summed E-state index contributed by atoms with van der Waals surface area (Å²) in [6.45, 7) is 3.16. The van der Waals surface area contributed by atoms with E-state index in [0.717, 1.165) is 19.2 Å². The Morgan fingerprint density at radius 1 is 1.03 bits per heavy atom. The third-order valence-electron chi connectivity index (χ3n) is 5.35. The molecule has 0 saturated carbocycles. The number of methoxy groups -OCH3 is 1. The van der Waals surface area contributed by atoms with E-state index in [1.165, 1.54) is 14.0 Å². The quantitative estimate of drug-likeness (QED) is 0.323.